The molecular formula is C19H21N5O2S. The highest BCUT2D eigenvalue weighted by atomic mass is 32.2. The summed E-state index contributed by atoms with van der Waals surface area (Å²) in [5.74, 6) is 1.42. The molecule has 1 aromatic heterocycles. The number of sulfonamides is 1. The molecule has 0 radical (unpaired) electrons. The van der Waals surface area contributed by atoms with Gasteiger partial charge in [0.1, 0.15) is 18.0 Å². The maximum atomic E-state index is 11.3. The average molecular weight is 383 g/mol. The second-order valence-corrected chi connectivity index (χ2v) is 7.66. The molecule has 3 aromatic rings. The first-order chi connectivity index (χ1) is 12.9. The Kier molecular flexibility index (Phi) is 5.68. The molecule has 0 saturated heterocycles. The summed E-state index contributed by atoms with van der Waals surface area (Å²) in [7, 11) is -3.66. The third kappa shape index (κ3) is 5.25. The van der Waals surface area contributed by atoms with Gasteiger partial charge in [0, 0.05) is 18.3 Å². The first-order valence-electron chi connectivity index (χ1n) is 8.42. The van der Waals surface area contributed by atoms with Crippen LogP contribution < -0.4 is 15.8 Å². The van der Waals surface area contributed by atoms with Gasteiger partial charge in [-0.2, -0.15) is 0 Å². The molecule has 7 nitrogen and oxygen atoms in total. The summed E-state index contributed by atoms with van der Waals surface area (Å²) in [5.41, 5.74) is 3.13. The van der Waals surface area contributed by atoms with E-state index in [9.17, 15) is 8.42 Å². The number of rotatable bonds is 7. The Morgan fingerprint density at radius 1 is 1.00 bits per heavy atom. The topological polar surface area (TPSA) is 110 Å². The fraction of sp³-hybridized carbons (Fsp3) is 0.158. The molecule has 4 N–H and O–H groups in total. The van der Waals surface area contributed by atoms with Crippen LogP contribution in [0.3, 0.4) is 0 Å². The highest BCUT2D eigenvalue weighted by Gasteiger charge is 2.06. The van der Waals surface area contributed by atoms with Crippen LogP contribution in [0.4, 0.5) is 17.3 Å². The summed E-state index contributed by atoms with van der Waals surface area (Å²) in [6.45, 7) is 2.68. The van der Waals surface area contributed by atoms with Crippen molar-refractivity contribution in [3.05, 3.63) is 72.1 Å². The van der Waals surface area contributed by atoms with Crippen LogP contribution in [0.5, 0.6) is 0 Å². The van der Waals surface area contributed by atoms with E-state index in [0.29, 0.717) is 18.2 Å². The van der Waals surface area contributed by atoms with E-state index in [-0.39, 0.29) is 4.90 Å². The van der Waals surface area contributed by atoms with E-state index in [1.807, 2.05) is 37.3 Å². The fourth-order valence-electron chi connectivity index (χ4n) is 2.55. The third-order valence-corrected chi connectivity index (χ3v) is 4.98. The zero-order chi connectivity index (χ0) is 19.3. The van der Waals surface area contributed by atoms with Crippen molar-refractivity contribution in [2.75, 3.05) is 17.2 Å². The summed E-state index contributed by atoms with van der Waals surface area (Å²) in [5, 5.41) is 11.6. The molecule has 0 unspecified atom stereocenters. The molecule has 1 heterocycles. The number of aromatic nitrogens is 2. The first-order valence-corrected chi connectivity index (χ1v) is 9.97. The van der Waals surface area contributed by atoms with E-state index in [0.717, 1.165) is 23.2 Å². The largest absolute Gasteiger partial charge is 0.370 e. The van der Waals surface area contributed by atoms with Gasteiger partial charge in [-0.25, -0.2) is 23.5 Å². The second-order valence-electron chi connectivity index (χ2n) is 6.09. The Morgan fingerprint density at radius 3 is 2.41 bits per heavy atom. The Morgan fingerprint density at radius 2 is 1.70 bits per heavy atom. The summed E-state index contributed by atoms with van der Waals surface area (Å²) in [6, 6.07) is 16.4. The maximum Gasteiger partial charge on any atom is 0.238 e. The van der Waals surface area contributed by atoms with Crippen LogP contribution in [-0.2, 0) is 16.4 Å². The van der Waals surface area contributed by atoms with Crippen LogP contribution in [-0.4, -0.2) is 24.9 Å². The molecule has 0 spiro atoms. The molecule has 0 aliphatic heterocycles. The Bertz CT molecular complexity index is 1020. The van der Waals surface area contributed by atoms with Crippen molar-refractivity contribution in [1.82, 2.24) is 9.97 Å². The number of benzene rings is 2. The minimum Gasteiger partial charge on any atom is -0.370 e. The number of nitrogens with zero attached hydrogens (tertiary/aromatic N) is 2. The molecule has 0 aliphatic carbocycles. The van der Waals surface area contributed by atoms with Crippen LogP contribution in [0, 0.1) is 6.92 Å². The molecule has 0 bridgehead atoms. The quantitative estimate of drug-likeness (QED) is 0.579. The fourth-order valence-corrected chi connectivity index (χ4v) is 3.07. The van der Waals surface area contributed by atoms with Crippen LogP contribution in [0.1, 0.15) is 11.1 Å². The number of aryl methyl sites for hydroxylation is 1. The van der Waals surface area contributed by atoms with Gasteiger partial charge in [0.15, 0.2) is 0 Å². The van der Waals surface area contributed by atoms with Gasteiger partial charge in [0.05, 0.1) is 4.90 Å². The van der Waals surface area contributed by atoms with Crippen molar-refractivity contribution in [2.45, 2.75) is 18.2 Å². The van der Waals surface area contributed by atoms with Gasteiger partial charge in [-0.1, -0.05) is 30.3 Å². The number of hydrogen-bond acceptors (Lipinski definition) is 6. The summed E-state index contributed by atoms with van der Waals surface area (Å²) in [4.78, 5) is 8.58. The van der Waals surface area contributed by atoms with Crippen molar-refractivity contribution in [1.29, 1.82) is 0 Å². The lowest BCUT2D eigenvalue weighted by atomic mass is 10.1. The van der Waals surface area contributed by atoms with Gasteiger partial charge < -0.3 is 10.6 Å². The SMILES string of the molecule is Cc1ccccc1Nc1cc(NCCc2ccc(S(N)(=O)=O)cc2)ncn1. The van der Waals surface area contributed by atoms with E-state index in [1.54, 1.807) is 12.1 Å². The first kappa shape index (κ1) is 18.8. The molecule has 0 fully saturated rings. The molecule has 27 heavy (non-hydrogen) atoms. The number of nitrogens with one attached hydrogen (secondary N) is 2. The standard InChI is InChI=1S/C19H21N5O2S/c1-14-4-2-3-5-17(14)24-19-12-18(22-13-23-19)21-11-10-15-6-8-16(9-7-15)27(20,25)26/h2-9,12-13H,10-11H2,1H3,(H2,20,25,26)(H2,21,22,23,24). The lowest BCUT2D eigenvalue weighted by Crippen LogP contribution is -2.12. The van der Waals surface area contributed by atoms with Gasteiger partial charge in [0.25, 0.3) is 0 Å². The minimum absolute atomic E-state index is 0.113. The van der Waals surface area contributed by atoms with Gasteiger partial charge in [-0.15, -0.1) is 0 Å². The van der Waals surface area contributed by atoms with Crippen LogP contribution >= 0.6 is 0 Å². The van der Waals surface area contributed by atoms with Gasteiger partial charge in [-0.05, 0) is 42.7 Å². The van der Waals surface area contributed by atoms with E-state index in [4.69, 9.17) is 5.14 Å². The minimum atomic E-state index is -3.66. The van der Waals surface area contributed by atoms with Crippen molar-refractivity contribution < 1.29 is 8.42 Å². The third-order valence-electron chi connectivity index (χ3n) is 4.05. The van der Waals surface area contributed by atoms with Crippen molar-refractivity contribution in [3.8, 4) is 0 Å². The van der Waals surface area contributed by atoms with Crippen LogP contribution in [0.25, 0.3) is 0 Å². The van der Waals surface area contributed by atoms with Crippen molar-refractivity contribution >= 4 is 27.3 Å². The Hall–Kier alpha value is -2.97. The Labute approximate surface area is 158 Å². The lowest BCUT2D eigenvalue weighted by Gasteiger charge is -2.10. The summed E-state index contributed by atoms with van der Waals surface area (Å²) >= 11 is 0. The molecule has 3 rings (SSSR count). The zero-order valence-corrected chi connectivity index (χ0v) is 15.7. The maximum absolute atomic E-state index is 11.3. The second kappa shape index (κ2) is 8.15. The van der Waals surface area contributed by atoms with Crippen LogP contribution in [0.2, 0.25) is 0 Å². The van der Waals surface area contributed by atoms with E-state index in [2.05, 4.69) is 20.6 Å². The van der Waals surface area contributed by atoms with E-state index < -0.39 is 10.0 Å². The Balaban J connectivity index is 1.58. The van der Waals surface area contributed by atoms with Gasteiger partial charge in [-0.3, -0.25) is 0 Å². The predicted molar refractivity (Wildman–Crippen MR) is 107 cm³/mol. The van der Waals surface area contributed by atoms with Gasteiger partial charge >= 0.3 is 0 Å². The highest BCUT2D eigenvalue weighted by molar-refractivity contribution is 7.89. The number of primary sulfonamides is 1. The molecule has 0 saturated carbocycles. The zero-order valence-electron chi connectivity index (χ0n) is 14.9. The molecule has 0 amide bonds. The normalized spacial score (nSPS) is 11.2. The number of nitrogens with two attached hydrogens (primary N) is 1. The summed E-state index contributed by atoms with van der Waals surface area (Å²) < 4.78 is 22.5. The lowest BCUT2D eigenvalue weighted by molar-refractivity contribution is 0.598. The average Bonchev–Trinajstić information content (AvgIpc) is 2.64. The number of anilines is 3. The van der Waals surface area contributed by atoms with Crippen LogP contribution in [0.15, 0.2) is 65.8 Å². The molecule has 0 atom stereocenters. The van der Waals surface area contributed by atoms with Crippen molar-refractivity contribution in [2.24, 2.45) is 5.14 Å². The highest BCUT2D eigenvalue weighted by Crippen LogP contribution is 2.19. The smallest absolute Gasteiger partial charge is 0.238 e. The summed E-state index contributed by atoms with van der Waals surface area (Å²) in [6.07, 6.45) is 2.22. The monoisotopic (exact) mass is 383 g/mol. The van der Waals surface area contributed by atoms with E-state index >= 15 is 0 Å². The molecule has 0 aliphatic rings. The molecule has 8 heteroatoms. The van der Waals surface area contributed by atoms with E-state index in [1.165, 1.54) is 18.5 Å². The number of hydrogen-bond donors (Lipinski definition) is 3. The predicted octanol–water partition coefficient (Wildman–Crippen LogP) is 2.83. The molecular weight excluding hydrogens is 362 g/mol. The molecule has 2 aromatic carbocycles. The molecule has 140 valence electrons. The number of para-hydroxylation sites is 1. The van der Waals surface area contributed by atoms with Crippen molar-refractivity contribution in [3.63, 3.8) is 0 Å². The van der Waals surface area contributed by atoms with Gasteiger partial charge in [0.2, 0.25) is 10.0 Å².